The van der Waals surface area contributed by atoms with Crippen molar-refractivity contribution in [1.82, 2.24) is 5.32 Å². The van der Waals surface area contributed by atoms with Crippen LogP contribution in [0.25, 0.3) is 0 Å². The van der Waals surface area contributed by atoms with E-state index >= 15 is 0 Å². The van der Waals surface area contributed by atoms with Crippen LogP contribution in [-0.4, -0.2) is 16.4 Å². The van der Waals surface area contributed by atoms with Gasteiger partial charge in [-0.15, -0.1) is 0 Å². The van der Waals surface area contributed by atoms with E-state index in [1.54, 1.807) is 6.07 Å². The van der Waals surface area contributed by atoms with Crippen molar-refractivity contribution in [1.29, 1.82) is 0 Å². The Morgan fingerprint density at radius 2 is 2.11 bits per heavy atom. The summed E-state index contributed by atoms with van der Waals surface area (Å²) in [5.41, 5.74) is 5.54. The van der Waals surface area contributed by atoms with Crippen molar-refractivity contribution in [2.24, 2.45) is 5.73 Å². The fraction of sp³-hybridized carbons (Fsp3) is 0.333. The number of carbonyl (C=O) groups is 1. The van der Waals surface area contributed by atoms with Gasteiger partial charge in [0.1, 0.15) is 0 Å². The topological polar surface area (TPSA) is 55.1 Å². The van der Waals surface area contributed by atoms with Gasteiger partial charge in [0.15, 0.2) is 0 Å². The number of thiocarbonyl (C=S) groups is 1. The Morgan fingerprint density at radius 3 is 2.61 bits per heavy atom. The van der Waals surface area contributed by atoms with E-state index in [9.17, 15) is 4.79 Å². The molecular formula is C12H14Br2N2OS. The van der Waals surface area contributed by atoms with Crippen LogP contribution < -0.4 is 11.1 Å². The molecule has 1 aromatic carbocycles. The Labute approximate surface area is 129 Å². The smallest absolute Gasteiger partial charge is 0.253 e. The molecule has 0 spiro atoms. The summed E-state index contributed by atoms with van der Waals surface area (Å²) in [6.45, 7) is 3.74. The van der Waals surface area contributed by atoms with Gasteiger partial charge in [-0.2, -0.15) is 0 Å². The lowest BCUT2D eigenvalue weighted by Gasteiger charge is -2.28. The van der Waals surface area contributed by atoms with E-state index < -0.39 is 5.54 Å². The molecule has 0 aliphatic heterocycles. The van der Waals surface area contributed by atoms with Gasteiger partial charge in [0.05, 0.1) is 16.1 Å². The Morgan fingerprint density at radius 1 is 1.50 bits per heavy atom. The minimum absolute atomic E-state index is 0.208. The van der Waals surface area contributed by atoms with E-state index in [4.69, 9.17) is 18.0 Å². The number of halogens is 2. The van der Waals surface area contributed by atoms with E-state index in [-0.39, 0.29) is 10.9 Å². The van der Waals surface area contributed by atoms with Crippen molar-refractivity contribution < 1.29 is 4.79 Å². The van der Waals surface area contributed by atoms with Gasteiger partial charge in [0, 0.05) is 8.95 Å². The number of amides is 1. The highest BCUT2D eigenvalue weighted by Gasteiger charge is 2.28. The van der Waals surface area contributed by atoms with Crippen LogP contribution in [0, 0.1) is 0 Å². The average molecular weight is 394 g/mol. The van der Waals surface area contributed by atoms with Gasteiger partial charge in [0.2, 0.25) is 0 Å². The van der Waals surface area contributed by atoms with Crippen LogP contribution >= 0.6 is 44.1 Å². The Bertz CT molecular complexity index is 493. The second-order valence-electron chi connectivity index (χ2n) is 4.13. The summed E-state index contributed by atoms with van der Waals surface area (Å²) in [5.74, 6) is -0.208. The molecule has 0 fully saturated rings. The standard InChI is InChI=1S/C12H14Br2N2OS/c1-3-12(2,11(15)18)16-10(17)8-6-7(13)4-5-9(8)14/h4-6H,3H2,1-2H3,(H2,15,18)(H,16,17). The molecule has 0 aromatic heterocycles. The Balaban J connectivity index is 3.02. The summed E-state index contributed by atoms with van der Waals surface area (Å²) in [6.07, 6.45) is 0.639. The van der Waals surface area contributed by atoms with Gasteiger partial charge in [0.25, 0.3) is 5.91 Å². The minimum atomic E-state index is -0.672. The van der Waals surface area contributed by atoms with E-state index in [2.05, 4.69) is 37.2 Å². The third-order valence-electron chi connectivity index (χ3n) is 2.81. The molecule has 1 rings (SSSR count). The van der Waals surface area contributed by atoms with Gasteiger partial charge < -0.3 is 11.1 Å². The fourth-order valence-corrected chi connectivity index (χ4v) is 2.30. The summed E-state index contributed by atoms with van der Waals surface area (Å²) in [6, 6.07) is 5.41. The van der Waals surface area contributed by atoms with Crippen LogP contribution in [0.1, 0.15) is 30.6 Å². The summed E-state index contributed by atoms with van der Waals surface area (Å²) in [4.78, 5) is 12.5. The summed E-state index contributed by atoms with van der Waals surface area (Å²) in [7, 11) is 0. The molecule has 0 aliphatic carbocycles. The number of hydrogen-bond acceptors (Lipinski definition) is 2. The average Bonchev–Trinajstić information content (AvgIpc) is 2.31. The maximum absolute atomic E-state index is 12.2. The van der Waals surface area contributed by atoms with Gasteiger partial charge in [-0.25, -0.2) is 0 Å². The third kappa shape index (κ3) is 3.52. The van der Waals surface area contributed by atoms with E-state index in [0.29, 0.717) is 12.0 Å². The van der Waals surface area contributed by atoms with Crippen LogP contribution in [0.4, 0.5) is 0 Å². The highest BCUT2D eigenvalue weighted by molar-refractivity contribution is 9.11. The highest BCUT2D eigenvalue weighted by atomic mass is 79.9. The first-order valence-electron chi connectivity index (χ1n) is 5.37. The predicted molar refractivity (Wildman–Crippen MR) is 84.8 cm³/mol. The molecule has 1 aromatic rings. The second kappa shape index (κ2) is 6.12. The van der Waals surface area contributed by atoms with Gasteiger partial charge >= 0.3 is 0 Å². The number of nitrogens with one attached hydrogen (secondary N) is 1. The predicted octanol–water partition coefficient (Wildman–Crippen LogP) is 3.40. The van der Waals surface area contributed by atoms with Gasteiger partial charge in [-0.05, 0) is 47.5 Å². The maximum Gasteiger partial charge on any atom is 0.253 e. The summed E-state index contributed by atoms with van der Waals surface area (Å²) < 4.78 is 1.56. The van der Waals surface area contributed by atoms with Crippen molar-refractivity contribution in [3.63, 3.8) is 0 Å². The number of carbonyl (C=O) groups excluding carboxylic acids is 1. The van der Waals surface area contributed by atoms with Gasteiger partial charge in [-0.3, -0.25) is 4.79 Å². The van der Waals surface area contributed by atoms with Crippen LogP contribution in [0.2, 0.25) is 0 Å². The molecule has 1 amide bonds. The molecule has 0 heterocycles. The molecule has 0 saturated heterocycles. The quantitative estimate of drug-likeness (QED) is 0.770. The molecule has 0 aliphatic rings. The summed E-state index contributed by atoms with van der Waals surface area (Å²) in [5, 5.41) is 2.87. The zero-order chi connectivity index (χ0) is 13.9. The van der Waals surface area contributed by atoms with E-state index in [1.165, 1.54) is 0 Å². The van der Waals surface area contributed by atoms with E-state index in [0.717, 1.165) is 8.95 Å². The third-order valence-corrected chi connectivity index (χ3v) is 4.45. The van der Waals surface area contributed by atoms with Crippen LogP contribution in [-0.2, 0) is 0 Å². The molecule has 18 heavy (non-hydrogen) atoms. The first kappa shape index (κ1) is 15.6. The molecule has 1 unspecified atom stereocenters. The van der Waals surface area contributed by atoms with Crippen molar-refractivity contribution in [3.8, 4) is 0 Å². The lowest BCUT2D eigenvalue weighted by Crippen LogP contribution is -2.54. The lowest BCUT2D eigenvalue weighted by molar-refractivity contribution is 0.0925. The largest absolute Gasteiger partial charge is 0.391 e. The number of benzene rings is 1. The SMILES string of the molecule is CCC(C)(NC(=O)c1cc(Br)ccc1Br)C(N)=S. The lowest BCUT2D eigenvalue weighted by atomic mass is 9.98. The number of rotatable bonds is 4. The van der Waals surface area contributed by atoms with Crippen molar-refractivity contribution in [2.75, 3.05) is 0 Å². The maximum atomic E-state index is 12.2. The second-order valence-corrected chi connectivity index (χ2v) is 6.34. The molecule has 3 nitrogen and oxygen atoms in total. The van der Waals surface area contributed by atoms with Crippen LogP contribution in [0.15, 0.2) is 27.1 Å². The van der Waals surface area contributed by atoms with Crippen molar-refractivity contribution >= 4 is 55.0 Å². The minimum Gasteiger partial charge on any atom is -0.391 e. The monoisotopic (exact) mass is 392 g/mol. The first-order chi connectivity index (χ1) is 8.30. The highest BCUT2D eigenvalue weighted by Crippen LogP contribution is 2.22. The molecule has 0 radical (unpaired) electrons. The molecule has 6 heteroatoms. The van der Waals surface area contributed by atoms with Crippen molar-refractivity contribution in [2.45, 2.75) is 25.8 Å². The summed E-state index contributed by atoms with van der Waals surface area (Å²) >= 11 is 11.7. The van der Waals surface area contributed by atoms with Crippen LogP contribution in [0.3, 0.4) is 0 Å². The molecular weight excluding hydrogens is 380 g/mol. The molecule has 0 bridgehead atoms. The number of hydrogen-bond donors (Lipinski definition) is 2. The first-order valence-corrected chi connectivity index (χ1v) is 7.37. The fourth-order valence-electron chi connectivity index (χ4n) is 1.31. The molecule has 3 N–H and O–H groups in total. The van der Waals surface area contributed by atoms with Crippen LogP contribution in [0.5, 0.6) is 0 Å². The zero-order valence-electron chi connectivity index (χ0n) is 10.1. The van der Waals surface area contributed by atoms with E-state index in [1.807, 2.05) is 26.0 Å². The van der Waals surface area contributed by atoms with Gasteiger partial charge in [-0.1, -0.05) is 35.1 Å². The Kier molecular flexibility index (Phi) is 5.31. The molecule has 98 valence electrons. The zero-order valence-corrected chi connectivity index (χ0v) is 14.1. The Hall–Kier alpha value is -0.460. The molecule has 0 saturated carbocycles. The van der Waals surface area contributed by atoms with Crippen molar-refractivity contribution in [3.05, 3.63) is 32.7 Å². The number of nitrogens with two attached hydrogens (primary N) is 1. The normalized spacial score (nSPS) is 13.8. The molecule has 1 atom stereocenters.